The van der Waals surface area contributed by atoms with Crippen LogP contribution in [0.1, 0.15) is 32.3 Å². The number of nitrogens with two attached hydrogens (primary N) is 1. The average molecular weight is 292 g/mol. The number of carbonyl (C=O) groups is 1. The van der Waals surface area contributed by atoms with Gasteiger partial charge in [0, 0.05) is 19.5 Å². The van der Waals surface area contributed by atoms with Crippen LogP contribution in [0.5, 0.6) is 5.75 Å². The van der Waals surface area contributed by atoms with Crippen LogP contribution in [0, 0.1) is 5.92 Å². The largest absolute Gasteiger partial charge is 0.486 e. The fraction of sp³-hybridized carbons (Fsp3) is 0.562. The van der Waals surface area contributed by atoms with Crippen LogP contribution in [0.3, 0.4) is 0 Å². The van der Waals surface area contributed by atoms with Crippen LogP contribution in [0.4, 0.5) is 5.69 Å². The zero-order valence-corrected chi connectivity index (χ0v) is 12.7. The molecule has 0 fully saturated rings. The summed E-state index contributed by atoms with van der Waals surface area (Å²) in [5.41, 5.74) is 7.77. The van der Waals surface area contributed by atoms with Gasteiger partial charge in [0.2, 0.25) is 0 Å². The number of ether oxygens (including phenoxy) is 1. The van der Waals surface area contributed by atoms with Crippen molar-refractivity contribution in [3.05, 3.63) is 23.8 Å². The quantitative estimate of drug-likeness (QED) is 0.841. The Morgan fingerprint density at radius 1 is 1.52 bits per heavy atom. The number of aliphatic carboxylic acids is 1. The lowest BCUT2D eigenvalue weighted by Crippen LogP contribution is -2.43. The molecule has 0 radical (unpaired) electrons. The Bertz CT molecular complexity index is 502. The monoisotopic (exact) mass is 292 g/mol. The maximum absolute atomic E-state index is 10.7. The van der Waals surface area contributed by atoms with Crippen LogP contribution >= 0.6 is 0 Å². The van der Waals surface area contributed by atoms with E-state index in [9.17, 15) is 4.79 Å². The van der Waals surface area contributed by atoms with E-state index in [0.717, 1.165) is 30.1 Å². The van der Waals surface area contributed by atoms with E-state index in [4.69, 9.17) is 15.6 Å². The summed E-state index contributed by atoms with van der Waals surface area (Å²) in [4.78, 5) is 12.9. The molecule has 1 aliphatic rings. The lowest BCUT2D eigenvalue weighted by molar-refractivity contribution is -0.137. The van der Waals surface area contributed by atoms with Crippen LogP contribution in [-0.4, -0.2) is 30.3 Å². The van der Waals surface area contributed by atoms with Gasteiger partial charge in [-0.05, 0) is 30.0 Å². The fourth-order valence-corrected chi connectivity index (χ4v) is 2.54. The first-order chi connectivity index (χ1) is 10.0. The highest BCUT2D eigenvalue weighted by Crippen LogP contribution is 2.35. The van der Waals surface area contributed by atoms with Crippen LogP contribution in [0.2, 0.25) is 0 Å². The number of carboxylic acid groups (broad SMARTS) is 1. The second kappa shape index (κ2) is 6.80. The van der Waals surface area contributed by atoms with E-state index >= 15 is 0 Å². The third-order valence-corrected chi connectivity index (χ3v) is 3.84. The SMILES string of the molecule is CC(C)C1CN(CCCC(=O)O)c2ccc(CN)cc2O1. The van der Waals surface area contributed by atoms with Crippen molar-refractivity contribution in [3.8, 4) is 5.75 Å². The highest BCUT2D eigenvalue weighted by Gasteiger charge is 2.27. The second-order valence-electron chi connectivity index (χ2n) is 5.85. The van der Waals surface area contributed by atoms with Gasteiger partial charge in [-0.25, -0.2) is 0 Å². The van der Waals surface area contributed by atoms with Crippen molar-refractivity contribution in [2.45, 2.75) is 39.3 Å². The second-order valence-corrected chi connectivity index (χ2v) is 5.85. The Morgan fingerprint density at radius 3 is 2.90 bits per heavy atom. The lowest BCUT2D eigenvalue weighted by Gasteiger charge is -2.38. The van der Waals surface area contributed by atoms with Crippen molar-refractivity contribution >= 4 is 11.7 Å². The molecular formula is C16H24N2O3. The normalized spacial score (nSPS) is 17.5. The van der Waals surface area contributed by atoms with E-state index in [1.807, 2.05) is 18.2 Å². The molecule has 0 amide bonds. The van der Waals surface area contributed by atoms with E-state index in [-0.39, 0.29) is 12.5 Å². The number of rotatable bonds is 6. The minimum absolute atomic E-state index is 0.121. The lowest BCUT2D eigenvalue weighted by atomic mass is 10.0. The summed E-state index contributed by atoms with van der Waals surface area (Å²) in [6, 6.07) is 6.02. The van der Waals surface area contributed by atoms with Gasteiger partial charge in [-0.1, -0.05) is 19.9 Å². The van der Waals surface area contributed by atoms with E-state index in [0.29, 0.717) is 18.9 Å². The van der Waals surface area contributed by atoms with Gasteiger partial charge in [-0.3, -0.25) is 4.79 Å². The Kier molecular flexibility index (Phi) is 5.07. The zero-order chi connectivity index (χ0) is 15.4. The van der Waals surface area contributed by atoms with Crippen molar-refractivity contribution in [1.29, 1.82) is 0 Å². The van der Waals surface area contributed by atoms with Gasteiger partial charge in [0.15, 0.2) is 0 Å². The number of benzene rings is 1. The Balaban J connectivity index is 2.18. The van der Waals surface area contributed by atoms with Crippen LogP contribution in [0.15, 0.2) is 18.2 Å². The fourth-order valence-electron chi connectivity index (χ4n) is 2.54. The molecule has 116 valence electrons. The molecule has 5 nitrogen and oxygen atoms in total. The standard InChI is InChI=1S/C16H24N2O3/c1-11(2)15-10-18(7-3-4-16(19)20)13-6-5-12(9-17)8-14(13)21-15/h5-6,8,11,15H,3-4,7,9-10,17H2,1-2H3,(H,19,20). The van der Waals surface area contributed by atoms with Gasteiger partial charge >= 0.3 is 5.97 Å². The highest BCUT2D eigenvalue weighted by atomic mass is 16.5. The summed E-state index contributed by atoms with van der Waals surface area (Å²) in [5, 5.41) is 8.79. The van der Waals surface area contributed by atoms with Gasteiger partial charge in [0.25, 0.3) is 0 Å². The number of hydrogen-bond donors (Lipinski definition) is 2. The molecule has 0 saturated heterocycles. The molecule has 1 aromatic rings. The van der Waals surface area contributed by atoms with Gasteiger partial charge in [-0.2, -0.15) is 0 Å². The minimum Gasteiger partial charge on any atom is -0.486 e. The zero-order valence-electron chi connectivity index (χ0n) is 12.7. The maximum Gasteiger partial charge on any atom is 0.303 e. The summed E-state index contributed by atoms with van der Waals surface area (Å²) < 4.78 is 6.08. The molecule has 2 rings (SSSR count). The molecule has 0 bridgehead atoms. The van der Waals surface area contributed by atoms with Gasteiger partial charge < -0.3 is 20.5 Å². The number of hydrogen-bond acceptors (Lipinski definition) is 4. The summed E-state index contributed by atoms with van der Waals surface area (Å²) in [6.07, 6.45) is 0.952. The molecule has 1 aromatic carbocycles. The van der Waals surface area contributed by atoms with Gasteiger partial charge in [-0.15, -0.1) is 0 Å². The highest BCUT2D eigenvalue weighted by molar-refractivity contribution is 5.67. The Morgan fingerprint density at radius 2 is 2.29 bits per heavy atom. The first-order valence-electron chi connectivity index (χ1n) is 7.47. The van der Waals surface area contributed by atoms with E-state index in [1.165, 1.54) is 0 Å². The van der Waals surface area contributed by atoms with Crippen LogP contribution in [0.25, 0.3) is 0 Å². The number of carboxylic acids is 1. The number of anilines is 1. The van der Waals surface area contributed by atoms with E-state index in [1.54, 1.807) is 0 Å². The molecular weight excluding hydrogens is 268 g/mol. The predicted molar refractivity (Wildman–Crippen MR) is 82.7 cm³/mol. The first kappa shape index (κ1) is 15.6. The van der Waals surface area contributed by atoms with Gasteiger partial charge in [0.05, 0.1) is 12.2 Å². The van der Waals surface area contributed by atoms with Gasteiger partial charge in [0.1, 0.15) is 11.9 Å². The summed E-state index contributed by atoms with van der Waals surface area (Å²) in [6.45, 7) is 6.29. The first-order valence-corrected chi connectivity index (χ1v) is 7.47. The van der Waals surface area contributed by atoms with Crippen molar-refractivity contribution in [3.63, 3.8) is 0 Å². The molecule has 0 saturated carbocycles. The summed E-state index contributed by atoms with van der Waals surface area (Å²) in [7, 11) is 0. The average Bonchev–Trinajstić information content (AvgIpc) is 2.45. The Hall–Kier alpha value is -1.75. The number of nitrogens with zero attached hydrogens (tertiary/aromatic N) is 1. The Labute approximate surface area is 125 Å². The van der Waals surface area contributed by atoms with Crippen molar-refractivity contribution in [1.82, 2.24) is 0 Å². The molecule has 1 unspecified atom stereocenters. The molecule has 5 heteroatoms. The summed E-state index contributed by atoms with van der Waals surface area (Å²) in [5.74, 6) is 0.516. The smallest absolute Gasteiger partial charge is 0.303 e. The molecule has 1 heterocycles. The van der Waals surface area contributed by atoms with Crippen molar-refractivity contribution in [2.24, 2.45) is 11.7 Å². The van der Waals surface area contributed by atoms with E-state index < -0.39 is 5.97 Å². The topological polar surface area (TPSA) is 75.8 Å². The molecule has 0 aliphatic carbocycles. The van der Waals surface area contributed by atoms with Crippen molar-refractivity contribution < 1.29 is 14.6 Å². The van der Waals surface area contributed by atoms with Crippen LogP contribution in [-0.2, 0) is 11.3 Å². The molecule has 21 heavy (non-hydrogen) atoms. The maximum atomic E-state index is 10.7. The van der Waals surface area contributed by atoms with E-state index in [2.05, 4.69) is 18.7 Å². The molecule has 0 spiro atoms. The molecule has 0 aromatic heterocycles. The molecule has 1 atom stereocenters. The molecule has 3 N–H and O–H groups in total. The predicted octanol–water partition coefficient (Wildman–Crippen LogP) is 2.23. The van der Waals surface area contributed by atoms with Crippen LogP contribution < -0.4 is 15.4 Å². The third kappa shape index (κ3) is 3.88. The number of fused-ring (bicyclic) bond motifs is 1. The third-order valence-electron chi connectivity index (χ3n) is 3.84. The molecule has 1 aliphatic heterocycles. The van der Waals surface area contributed by atoms with Crippen molar-refractivity contribution in [2.75, 3.05) is 18.0 Å². The minimum atomic E-state index is -0.748. The summed E-state index contributed by atoms with van der Waals surface area (Å²) >= 11 is 0.